The Balaban J connectivity index is 1.28. The van der Waals surface area contributed by atoms with Crippen LogP contribution in [0, 0.1) is 17.0 Å². The monoisotopic (exact) mass is 778 g/mol. The van der Waals surface area contributed by atoms with Crippen LogP contribution in [0.4, 0.5) is 8.78 Å². The first-order valence-electron chi connectivity index (χ1n) is 17.6. The first-order valence-corrected chi connectivity index (χ1v) is 18.4. The highest BCUT2D eigenvalue weighted by molar-refractivity contribution is 9.10. The van der Waals surface area contributed by atoms with Crippen molar-refractivity contribution in [2.75, 3.05) is 6.61 Å². The number of H-pyrrole nitrogens is 1. The van der Waals surface area contributed by atoms with Gasteiger partial charge in [0.1, 0.15) is 11.6 Å². The number of para-hydroxylation sites is 1. The Labute approximate surface area is 315 Å². The van der Waals surface area contributed by atoms with E-state index in [1.165, 1.54) is 18.2 Å². The molecular formula is C42H41BrF2N6O2. The molecular weight excluding hydrogens is 738 g/mol. The van der Waals surface area contributed by atoms with E-state index < -0.39 is 17.0 Å². The number of aromatic nitrogens is 6. The van der Waals surface area contributed by atoms with Crippen LogP contribution in [0.3, 0.4) is 0 Å². The molecule has 4 aromatic carbocycles. The van der Waals surface area contributed by atoms with Crippen molar-refractivity contribution >= 4 is 26.8 Å². The van der Waals surface area contributed by atoms with E-state index >= 15 is 8.78 Å². The van der Waals surface area contributed by atoms with Crippen LogP contribution in [0.2, 0.25) is 0 Å². The van der Waals surface area contributed by atoms with E-state index in [4.69, 9.17) is 14.8 Å². The number of halogens is 3. The topological polar surface area (TPSA) is 93.8 Å². The summed E-state index contributed by atoms with van der Waals surface area (Å²) in [6.07, 6.45) is 6.05. The molecule has 0 amide bonds. The number of nitrogens with zero attached hydrogens (tertiary/aromatic N) is 5. The van der Waals surface area contributed by atoms with Gasteiger partial charge in [-0.15, -0.1) is 0 Å². The van der Waals surface area contributed by atoms with Crippen LogP contribution in [-0.4, -0.2) is 41.2 Å². The molecule has 0 aliphatic rings. The first-order chi connectivity index (χ1) is 25.5. The number of hydrogen-bond acceptors (Lipinski definition) is 5. The van der Waals surface area contributed by atoms with Crippen molar-refractivity contribution in [1.29, 1.82) is 0 Å². The highest BCUT2D eigenvalue weighted by Crippen LogP contribution is 2.42. The molecule has 7 rings (SSSR count). The summed E-state index contributed by atoms with van der Waals surface area (Å²) in [7, 11) is 1.74. The van der Waals surface area contributed by atoms with Crippen molar-refractivity contribution in [3.8, 4) is 28.6 Å². The van der Waals surface area contributed by atoms with Crippen LogP contribution in [0.5, 0.6) is 11.5 Å². The molecule has 3 heterocycles. The van der Waals surface area contributed by atoms with E-state index in [0.717, 1.165) is 33.2 Å². The van der Waals surface area contributed by atoms with Crippen LogP contribution in [0.1, 0.15) is 62.7 Å². The number of aryl methyl sites for hydroxylation is 1. The van der Waals surface area contributed by atoms with Crippen molar-refractivity contribution < 1.29 is 18.6 Å². The first kappa shape index (κ1) is 36.2. The number of hydrogen-bond donors (Lipinski definition) is 2. The molecule has 7 aromatic rings. The van der Waals surface area contributed by atoms with Gasteiger partial charge in [-0.3, -0.25) is 5.10 Å². The molecule has 3 aromatic heterocycles. The number of ether oxygens (including phenoxy) is 1. The Morgan fingerprint density at radius 3 is 2.43 bits per heavy atom. The lowest BCUT2D eigenvalue weighted by molar-refractivity contribution is 0.191. The van der Waals surface area contributed by atoms with Gasteiger partial charge in [-0.25, -0.2) is 18.4 Å². The largest absolute Gasteiger partial charge is 0.454 e. The van der Waals surface area contributed by atoms with Gasteiger partial charge in [0.05, 0.1) is 16.5 Å². The van der Waals surface area contributed by atoms with E-state index in [-0.39, 0.29) is 29.1 Å². The Kier molecular flexibility index (Phi) is 10.1. The summed E-state index contributed by atoms with van der Waals surface area (Å²) in [4.78, 5) is 4.98. The van der Waals surface area contributed by atoms with Gasteiger partial charge < -0.3 is 14.4 Å². The Morgan fingerprint density at radius 2 is 1.70 bits per heavy atom. The highest BCUT2D eigenvalue weighted by Gasteiger charge is 2.36. The van der Waals surface area contributed by atoms with Gasteiger partial charge in [0, 0.05) is 65.3 Å². The highest BCUT2D eigenvalue weighted by atomic mass is 79.9. The molecule has 2 N–H and O–H groups in total. The van der Waals surface area contributed by atoms with Crippen LogP contribution in [-0.2, 0) is 18.9 Å². The maximum atomic E-state index is 16.3. The summed E-state index contributed by atoms with van der Waals surface area (Å²) in [5, 5.41) is 22.4. The number of nitrogens with one attached hydrogen (secondary N) is 1. The fourth-order valence-electron chi connectivity index (χ4n) is 6.92. The molecule has 0 aliphatic carbocycles. The molecule has 0 aliphatic heterocycles. The Bertz CT molecular complexity index is 2370. The maximum absolute atomic E-state index is 16.3. The van der Waals surface area contributed by atoms with Crippen molar-refractivity contribution in [2.45, 2.75) is 51.9 Å². The zero-order chi connectivity index (χ0) is 37.3. The molecule has 0 bridgehead atoms. The van der Waals surface area contributed by atoms with Crippen molar-refractivity contribution in [2.24, 2.45) is 12.5 Å². The standard InChI is InChI=1S/C42H41BrF2N6O2/c1-41(2,19-22-52)17-18-42(3,27-9-8-10-28(43)23-27)40-47-39(50(4)49-40)34-25-31(13-14-35(34)44)53-38-33(24-29-15-20-46-48-29)32-16-21-51(37(32)26-36(38)45)30-11-6-5-7-12-30/h5-16,20-21,23,25-26,52H,17-19,22,24H2,1-4H3,(H,46,48). The lowest BCUT2D eigenvalue weighted by atomic mass is 9.72. The molecule has 1 atom stereocenters. The van der Waals surface area contributed by atoms with Crippen LogP contribution < -0.4 is 4.74 Å². The second kappa shape index (κ2) is 14.7. The minimum Gasteiger partial charge on any atom is -0.454 e. The molecule has 53 heavy (non-hydrogen) atoms. The number of benzene rings is 4. The van der Waals surface area contributed by atoms with Crippen molar-refractivity contribution in [3.63, 3.8) is 0 Å². The zero-order valence-corrected chi connectivity index (χ0v) is 31.7. The van der Waals surface area contributed by atoms with Gasteiger partial charge in [0.25, 0.3) is 0 Å². The summed E-state index contributed by atoms with van der Waals surface area (Å²) in [6, 6.07) is 27.4. The molecule has 0 spiro atoms. The summed E-state index contributed by atoms with van der Waals surface area (Å²) in [6.45, 7) is 6.49. The molecule has 0 fully saturated rings. The Morgan fingerprint density at radius 1 is 0.887 bits per heavy atom. The quantitative estimate of drug-likeness (QED) is 0.122. The van der Waals surface area contributed by atoms with Crippen molar-refractivity contribution in [3.05, 3.63) is 142 Å². The summed E-state index contributed by atoms with van der Waals surface area (Å²) >= 11 is 3.62. The fourth-order valence-corrected chi connectivity index (χ4v) is 7.31. The van der Waals surface area contributed by atoms with Crippen LogP contribution in [0.15, 0.2) is 108 Å². The normalized spacial score (nSPS) is 13.1. The van der Waals surface area contributed by atoms with E-state index in [0.29, 0.717) is 42.0 Å². The van der Waals surface area contributed by atoms with Gasteiger partial charge in [0.2, 0.25) is 0 Å². The third-order valence-electron chi connectivity index (χ3n) is 10.2. The maximum Gasteiger partial charge on any atom is 0.168 e. The smallest absolute Gasteiger partial charge is 0.168 e. The molecule has 272 valence electrons. The molecule has 11 heteroatoms. The van der Waals surface area contributed by atoms with Gasteiger partial charge >= 0.3 is 0 Å². The van der Waals surface area contributed by atoms with E-state index in [1.54, 1.807) is 24.0 Å². The molecule has 0 saturated heterocycles. The predicted octanol–water partition coefficient (Wildman–Crippen LogP) is 10.1. The van der Waals surface area contributed by atoms with Gasteiger partial charge in [-0.1, -0.05) is 60.1 Å². The van der Waals surface area contributed by atoms with E-state index in [1.807, 2.05) is 65.4 Å². The number of aromatic amines is 1. The van der Waals surface area contributed by atoms with E-state index in [2.05, 4.69) is 59.0 Å². The third kappa shape index (κ3) is 7.41. The minimum atomic E-state index is -0.632. The Hall–Kier alpha value is -5.13. The average molecular weight is 780 g/mol. The molecule has 0 saturated carbocycles. The zero-order valence-electron chi connectivity index (χ0n) is 30.1. The summed E-state index contributed by atoms with van der Waals surface area (Å²) in [5.41, 5.74) is 3.44. The van der Waals surface area contributed by atoms with Gasteiger partial charge in [-0.2, -0.15) is 10.2 Å². The second-order valence-corrected chi connectivity index (χ2v) is 15.4. The van der Waals surface area contributed by atoms with Gasteiger partial charge in [-0.05, 0) is 91.8 Å². The summed E-state index contributed by atoms with van der Waals surface area (Å²) in [5.74, 6) is 0.0805. The van der Waals surface area contributed by atoms with Crippen LogP contribution >= 0.6 is 15.9 Å². The number of fused-ring (bicyclic) bond motifs is 1. The average Bonchev–Trinajstić information content (AvgIpc) is 3.90. The lowest BCUT2D eigenvalue weighted by Gasteiger charge is -2.32. The molecule has 1 unspecified atom stereocenters. The second-order valence-electron chi connectivity index (χ2n) is 14.5. The predicted molar refractivity (Wildman–Crippen MR) is 206 cm³/mol. The molecule has 0 radical (unpaired) electrons. The van der Waals surface area contributed by atoms with Crippen molar-refractivity contribution in [1.82, 2.24) is 29.5 Å². The SMILES string of the molecule is Cn1nc(C(C)(CCC(C)(C)CCO)c2cccc(Br)c2)nc1-c1cc(Oc2c(F)cc3c(ccn3-c3ccccc3)c2Cc2ccn[nH]2)ccc1F. The van der Waals surface area contributed by atoms with Crippen LogP contribution in [0.25, 0.3) is 28.0 Å². The fraction of sp³-hybridized carbons (Fsp3) is 0.262. The summed E-state index contributed by atoms with van der Waals surface area (Å²) < 4.78 is 42.9. The van der Waals surface area contributed by atoms with Gasteiger partial charge in [0.15, 0.2) is 23.2 Å². The number of aliphatic hydroxyl groups excluding tert-OH is 1. The molecule has 8 nitrogen and oxygen atoms in total. The number of rotatable bonds is 13. The minimum absolute atomic E-state index is 0.0434. The number of aliphatic hydroxyl groups is 1. The lowest BCUT2D eigenvalue weighted by Crippen LogP contribution is -2.28. The van der Waals surface area contributed by atoms with E-state index in [9.17, 15) is 5.11 Å². The third-order valence-corrected chi connectivity index (χ3v) is 10.7.